The van der Waals surface area contributed by atoms with E-state index in [0.717, 1.165) is 5.56 Å². The lowest BCUT2D eigenvalue weighted by Crippen LogP contribution is -2.14. The Morgan fingerprint density at radius 3 is 2.26 bits per heavy atom. The van der Waals surface area contributed by atoms with Gasteiger partial charge >= 0.3 is 17.9 Å². The van der Waals surface area contributed by atoms with Crippen LogP contribution in [0.2, 0.25) is 0 Å². The summed E-state index contributed by atoms with van der Waals surface area (Å²) in [6, 6.07) is 6.46. The van der Waals surface area contributed by atoms with Crippen LogP contribution >= 0.6 is 0 Å². The van der Waals surface area contributed by atoms with Crippen LogP contribution in [0.3, 0.4) is 0 Å². The molecule has 0 saturated heterocycles. The number of hydrogen-bond donors (Lipinski definition) is 0. The van der Waals surface area contributed by atoms with Gasteiger partial charge in [0.2, 0.25) is 0 Å². The van der Waals surface area contributed by atoms with Crippen molar-refractivity contribution < 1.29 is 28.6 Å². The Bertz CT molecular complexity index is 612. The van der Waals surface area contributed by atoms with Gasteiger partial charge in [0.1, 0.15) is 13.2 Å². The average Bonchev–Trinajstić information content (AvgIpc) is 2.56. The van der Waals surface area contributed by atoms with E-state index in [-0.39, 0.29) is 18.8 Å². The summed E-state index contributed by atoms with van der Waals surface area (Å²) in [4.78, 5) is 33.9. The first-order chi connectivity index (χ1) is 10.9. The molecule has 6 heteroatoms. The van der Waals surface area contributed by atoms with E-state index in [1.165, 1.54) is 20.1 Å². The standard InChI is InChI=1S/C17H18O6/c1-12(2)16(19)22-10-11-23-17(20)14-7-4-13(5-8-14)6-9-15(18)21-3/h4-9H,1,10-11H2,2-3H3/b9-6+. The minimum Gasteiger partial charge on any atom is -0.466 e. The molecule has 1 aromatic rings. The maximum Gasteiger partial charge on any atom is 0.338 e. The van der Waals surface area contributed by atoms with Crippen molar-refractivity contribution >= 4 is 24.0 Å². The average molecular weight is 318 g/mol. The summed E-state index contributed by atoms with van der Waals surface area (Å²) < 4.78 is 14.3. The van der Waals surface area contributed by atoms with Gasteiger partial charge in [-0.2, -0.15) is 0 Å². The summed E-state index contributed by atoms with van der Waals surface area (Å²) in [5.41, 5.74) is 1.38. The summed E-state index contributed by atoms with van der Waals surface area (Å²) in [5, 5.41) is 0. The molecular weight excluding hydrogens is 300 g/mol. The lowest BCUT2D eigenvalue weighted by molar-refractivity contribution is -0.140. The molecule has 0 heterocycles. The second-order valence-electron chi connectivity index (χ2n) is 4.53. The Morgan fingerprint density at radius 2 is 1.70 bits per heavy atom. The van der Waals surface area contributed by atoms with E-state index in [0.29, 0.717) is 5.56 Å². The van der Waals surface area contributed by atoms with Gasteiger partial charge in [-0.05, 0) is 30.7 Å². The van der Waals surface area contributed by atoms with E-state index in [1.54, 1.807) is 30.3 Å². The molecule has 0 atom stereocenters. The summed E-state index contributed by atoms with van der Waals surface area (Å²) >= 11 is 0. The van der Waals surface area contributed by atoms with Crippen molar-refractivity contribution in [3.63, 3.8) is 0 Å². The largest absolute Gasteiger partial charge is 0.466 e. The van der Waals surface area contributed by atoms with Crippen LogP contribution in [0.4, 0.5) is 0 Å². The Hall–Kier alpha value is -2.89. The van der Waals surface area contributed by atoms with Crippen LogP contribution in [0, 0.1) is 0 Å². The van der Waals surface area contributed by atoms with E-state index in [2.05, 4.69) is 11.3 Å². The molecule has 0 fully saturated rings. The van der Waals surface area contributed by atoms with Gasteiger partial charge in [-0.15, -0.1) is 0 Å². The summed E-state index contributed by atoms with van der Waals surface area (Å²) in [6.07, 6.45) is 2.85. The van der Waals surface area contributed by atoms with Crippen LogP contribution in [0.1, 0.15) is 22.8 Å². The predicted molar refractivity (Wildman–Crippen MR) is 83.5 cm³/mol. The molecule has 0 aromatic heterocycles. The van der Waals surface area contributed by atoms with Crippen LogP contribution in [-0.4, -0.2) is 38.2 Å². The van der Waals surface area contributed by atoms with Crippen LogP contribution in [0.15, 0.2) is 42.5 Å². The number of carbonyl (C=O) groups is 3. The van der Waals surface area contributed by atoms with E-state index >= 15 is 0 Å². The van der Waals surface area contributed by atoms with Crippen molar-refractivity contribution in [2.75, 3.05) is 20.3 Å². The minimum absolute atomic E-state index is 0.0304. The number of benzene rings is 1. The molecular formula is C17H18O6. The summed E-state index contributed by atoms with van der Waals surface area (Å²) in [6.45, 7) is 4.90. The molecule has 0 saturated carbocycles. The molecule has 0 bridgehead atoms. The zero-order chi connectivity index (χ0) is 17.2. The van der Waals surface area contributed by atoms with Crippen molar-refractivity contribution in [2.24, 2.45) is 0 Å². The molecule has 0 spiro atoms. The molecule has 23 heavy (non-hydrogen) atoms. The zero-order valence-electron chi connectivity index (χ0n) is 13.0. The normalized spacial score (nSPS) is 10.2. The third-order valence-electron chi connectivity index (χ3n) is 2.66. The second-order valence-corrected chi connectivity index (χ2v) is 4.53. The molecule has 6 nitrogen and oxygen atoms in total. The monoisotopic (exact) mass is 318 g/mol. The molecule has 0 radical (unpaired) electrons. The zero-order valence-corrected chi connectivity index (χ0v) is 13.0. The lowest BCUT2D eigenvalue weighted by Gasteiger charge is -2.06. The van der Waals surface area contributed by atoms with Gasteiger partial charge in [0.05, 0.1) is 12.7 Å². The van der Waals surface area contributed by atoms with Crippen molar-refractivity contribution in [1.82, 2.24) is 0 Å². The fraction of sp³-hybridized carbons (Fsp3) is 0.235. The highest BCUT2D eigenvalue weighted by atomic mass is 16.6. The first kappa shape index (κ1) is 18.2. The first-order valence-electron chi connectivity index (χ1n) is 6.80. The number of ether oxygens (including phenoxy) is 3. The fourth-order valence-corrected chi connectivity index (χ4v) is 1.44. The van der Waals surface area contributed by atoms with Gasteiger partial charge in [-0.1, -0.05) is 18.7 Å². The molecule has 1 rings (SSSR count). The maximum atomic E-state index is 11.8. The SMILES string of the molecule is C=C(C)C(=O)OCCOC(=O)c1ccc(/C=C/C(=O)OC)cc1. The Balaban J connectivity index is 2.45. The van der Waals surface area contributed by atoms with E-state index in [9.17, 15) is 14.4 Å². The van der Waals surface area contributed by atoms with Gasteiger partial charge in [-0.3, -0.25) is 0 Å². The molecule has 0 aliphatic carbocycles. The van der Waals surface area contributed by atoms with E-state index in [1.807, 2.05) is 0 Å². The highest BCUT2D eigenvalue weighted by Crippen LogP contribution is 2.08. The molecule has 1 aromatic carbocycles. The fourth-order valence-electron chi connectivity index (χ4n) is 1.44. The molecule has 0 N–H and O–H groups in total. The minimum atomic E-state index is -0.528. The molecule has 0 unspecified atom stereocenters. The molecule has 0 aliphatic heterocycles. The Morgan fingerprint density at radius 1 is 1.09 bits per heavy atom. The highest BCUT2D eigenvalue weighted by Gasteiger charge is 2.08. The number of methoxy groups -OCH3 is 1. The summed E-state index contributed by atoms with van der Waals surface area (Å²) in [7, 11) is 1.29. The number of esters is 3. The maximum absolute atomic E-state index is 11.8. The van der Waals surface area contributed by atoms with Crippen molar-refractivity contribution in [3.05, 3.63) is 53.6 Å². The third-order valence-corrected chi connectivity index (χ3v) is 2.66. The number of hydrogen-bond acceptors (Lipinski definition) is 6. The van der Waals surface area contributed by atoms with Crippen molar-refractivity contribution in [2.45, 2.75) is 6.92 Å². The van der Waals surface area contributed by atoms with Gasteiger partial charge in [0.15, 0.2) is 0 Å². The van der Waals surface area contributed by atoms with E-state index < -0.39 is 17.9 Å². The molecule has 122 valence electrons. The van der Waals surface area contributed by atoms with Gasteiger partial charge < -0.3 is 14.2 Å². The number of carbonyl (C=O) groups excluding carboxylic acids is 3. The van der Waals surface area contributed by atoms with Crippen molar-refractivity contribution in [3.8, 4) is 0 Å². The highest BCUT2D eigenvalue weighted by molar-refractivity contribution is 5.90. The topological polar surface area (TPSA) is 78.9 Å². The molecule has 0 amide bonds. The van der Waals surface area contributed by atoms with Crippen LogP contribution in [0.5, 0.6) is 0 Å². The van der Waals surface area contributed by atoms with Crippen LogP contribution < -0.4 is 0 Å². The van der Waals surface area contributed by atoms with Crippen molar-refractivity contribution in [1.29, 1.82) is 0 Å². The Labute approximate surface area is 134 Å². The molecule has 0 aliphatic rings. The van der Waals surface area contributed by atoms with E-state index in [4.69, 9.17) is 9.47 Å². The number of rotatable bonds is 7. The quantitative estimate of drug-likeness (QED) is 0.332. The van der Waals surface area contributed by atoms with Gasteiger partial charge in [0.25, 0.3) is 0 Å². The van der Waals surface area contributed by atoms with Gasteiger partial charge in [-0.25, -0.2) is 14.4 Å². The smallest absolute Gasteiger partial charge is 0.338 e. The van der Waals surface area contributed by atoms with Crippen LogP contribution in [0.25, 0.3) is 6.08 Å². The predicted octanol–water partition coefficient (Wildman–Crippen LogP) is 2.15. The van der Waals surface area contributed by atoms with Gasteiger partial charge in [0, 0.05) is 11.6 Å². The van der Waals surface area contributed by atoms with Crippen LogP contribution in [-0.2, 0) is 23.8 Å². The summed E-state index contributed by atoms with van der Waals surface area (Å²) in [5.74, 6) is -1.51. The first-order valence-corrected chi connectivity index (χ1v) is 6.80. The third kappa shape index (κ3) is 6.60. The Kier molecular flexibility index (Phi) is 7.26. The lowest BCUT2D eigenvalue weighted by atomic mass is 10.1. The second kappa shape index (κ2) is 9.19.